The number of benzene rings is 1. The molecular weight excluding hydrogens is 338 g/mol. The molecule has 0 aromatic heterocycles. The van der Waals surface area contributed by atoms with Crippen molar-refractivity contribution < 1.29 is 33.8 Å². The molecule has 2 rings (SSSR count). The van der Waals surface area contributed by atoms with Crippen LogP contribution in [0.1, 0.15) is 16.8 Å². The van der Waals surface area contributed by atoms with Gasteiger partial charge in [-0.05, 0) is 18.2 Å². The second-order valence-corrected chi connectivity index (χ2v) is 5.69. The first kappa shape index (κ1) is 18.8. The van der Waals surface area contributed by atoms with Crippen LogP contribution >= 0.6 is 12.0 Å². The molecule has 0 spiro atoms. The fourth-order valence-corrected chi connectivity index (χ4v) is 2.64. The van der Waals surface area contributed by atoms with Gasteiger partial charge in [0.2, 0.25) is 6.29 Å². The fourth-order valence-electron chi connectivity index (χ4n) is 2.33. The Morgan fingerprint density at radius 3 is 2.79 bits per heavy atom. The topological polar surface area (TPSA) is 117 Å². The molecular formula is C15H21NO7S. The molecule has 1 aromatic rings. The van der Waals surface area contributed by atoms with E-state index in [2.05, 4.69) is 5.32 Å². The van der Waals surface area contributed by atoms with Crippen molar-refractivity contribution in [3.05, 3.63) is 23.8 Å². The molecule has 4 unspecified atom stereocenters. The minimum Gasteiger partial charge on any atom is -0.461 e. The van der Waals surface area contributed by atoms with Crippen LogP contribution in [-0.2, 0) is 4.74 Å². The molecule has 9 heteroatoms. The van der Waals surface area contributed by atoms with E-state index >= 15 is 0 Å². The number of aliphatic hydroxyl groups excluding tert-OH is 3. The van der Waals surface area contributed by atoms with Crippen molar-refractivity contribution in [2.24, 2.45) is 0 Å². The molecule has 4 atom stereocenters. The van der Waals surface area contributed by atoms with Gasteiger partial charge in [0.25, 0.3) is 5.91 Å². The SMILES string of the molecule is CNC(=O)c1ccc(OC2CC(O)C(O)C(CO)O2)c(OSC)c1. The molecule has 0 bridgehead atoms. The van der Waals surface area contributed by atoms with E-state index in [0.717, 1.165) is 12.0 Å². The molecule has 0 radical (unpaired) electrons. The highest BCUT2D eigenvalue weighted by Crippen LogP contribution is 2.33. The number of nitrogens with one attached hydrogen (secondary N) is 1. The number of hydrogen-bond acceptors (Lipinski definition) is 8. The lowest BCUT2D eigenvalue weighted by molar-refractivity contribution is -0.230. The minimum atomic E-state index is -1.17. The molecule has 1 amide bonds. The van der Waals surface area contributed by atoms with Gasteiger partial charge in [0.15, 0.2) is 11.5 Å². The van der Waals surface area contributed by atoms with Crippen molar-refractivity contribution in [3.63, 3.8) is 0 Å². The summed E-state index contributed by atoms with van der Waals surface area (Å²) < 4.78 is 16.5. The van der Waals surface area contributed by atoms with E-state index in [0.29, 0.717) is 17.1 Å². The molecule has 1 saturated heterocycles. The average Bonchev–Trinajstić information content (AvgIpc) is 2.58. The van der Waals surface area contributed by atoms with Gasteiger partial charge in [0.05, 0.1) is 24.8 Å². The number of hydrogen-bond donors (Lipinski definition) is 4. The Morgan fingerprint density at radius 2 is 2.17 bits per heavy atom. The fraction of sp³-hybridized carbons (Fsp3) is 0.533. The highest BCUT2D eigenvalue weighted by atomic mass is 32.2. The van der Waals surface area contributed by atoms with E-state index in [1.165, 1.54) is 13.1 Å². The standard InChI is InChI=1S/C15H21NO7S/c1-16-15(20)8-3-4-10(11(5-8)23-24-2)21-13-6-9(18)14(19)12(7-17)22-13/h3-5,9,12-14,17-19H,6-7H2,1-2H3,(H,16,20). The van der Waals surface area contributed by atoms with Crippen molar-refractivity contribution >= 4 is 17.9 Å². The minimum absolute atomic E-state index is 0.0353. The quantitative estimate of drug-likeness (QED) is 0.521. The van der Waals surface area contributed by atoms with Crippen molar-refractivity contribution in [3.8, 4) is 11.5 Å². The third-order valence-electron chi connectivity index (χ3n) is 3.58. The van der Waals surface area contributed by atoms with Crippen molar-refractivity contribution in [2.75, 3.05) is 19.9 Å². The van der Waals surface area contributed by atoms with E-state index in [9.17, 15) is 20.1 Å². The predicted octanol–water partition coefficient (Wildman–Crippen LogP) is -0.0891. The maximum Gasteiger partial charge on any atom is 0.251 e. The summed E-state index contributed by atoms with van der Waals surface area (Å²) in [6.45, 7) is -0.443. The van der Waals surface area contributed by atoms with Gasteiger partial charge in [-0.1, -0.05) is 0 Å². The van der Waals surface area contributed by atoms with Crippen LogP contribution < -0.4 is 14.2 Å². The molecule has 8 nitrogen and oxygen atoms in total. The van der Waals surface area contributed by atoms with Crippen LogP contribution in [0.3, 0.4) is 0 Å². The average molecular weight is 359 g/mol. The summed E-state index contributed by atoms with van der Waals surface area (Å²) in [5.74, 6) is 0.385. The first-order chi connectivity index (χ1) is 11.5. The van der Waals surface area contributed by atoms with E-state index in [4.69, 9.17) is 13.7 Å². The highest BCUT2D eigenvalue weighted by Gasteiger charge is 2.37. The van der Waals surface area contributed by atoms with Crippen LogP contribution in [0.2, 0.25) is 0 Å². The Hall–Kier alpha value is -1.52. The Kier molecular flexibility index (Phi) is 6.69. The van der Waals surface area contributed by atoms with Crippen LogP contribution in [-0.4, -0.2) is 65.7 Å². The summed E-state index contributed by atoms with van der Waals surface area (Å²) in [6.07, 6.45) is -2.30. The third-order valence-corrected chi connectivity index (χ3v) is 3.93. The van der Waals surface area contributed by atoms with Gasteiger partial charge in [-0.2, -0.15) is 0 Å². The highest BCUT2D eigenvalue weighted by molar-refractivity contribution is 7.94. The number of carbonyl (C=O) groups is 1. The summed E-state index contributed by atoms with van der Waals surface area (Å²) in [5, 5.41) is 31.3. The summed E-state index contributed by atoms with van der Waals surface area (Å²) in [5.41, 5.74) is 0.405. The summed E-state index contributed by atoms with van der Waals surface area (Å²) >= 11 is 1.08. The Morgan fingerprint density at radius 1 is 1.42 bits per heavy atom. The zero-order valence-electron chi connectivity index (χ0n) is 13.3. The Bertz CT molecular complexity index is 571. The molecule has 0 aliphatic carbocycles. The lowest BCUT2D eigenvalue weighted by Crippen LogP contribution is -2.51. The summed E-state index contributed by atoms with van der Waals surface area (Å²) in [7, 11) is 1.53. The lowest BCUT2D eigenvalue weighted by Gasteiger charge is -2.36. The smallest absolute Gasteiger partial charge is 0.251 e. The van der Waals surface area contributed by atoms with Crippen LogP contribution in [0, 0.1) is 0 Å². The molecule has 4 N–H and O–H groups in total. The van der Waals surface area contributed by atoms with Crippen molar-refractivity contribution in [2.45, 2.75) is 31.0 Å². The Labute approximate surface area is 143 Å². The zero-order valence-corrected chi connectivity index (χ0v) is 14.2. The maximum absolute atomic E-state index is 11.7. The molecule has 0 saturated carbocycles. The first-order valence-corrected chi connectivity index (χ1v) is 8.51. The van der Waals surface area contributed by atoms with Gasteiger partial charge in [0, 0.05) is 25.3 Å². The number of ether oxygens (including phenoxy) is 2. The van der Waals surface area contributed by atoms with Gasteiger partial charge in [-0.3, -0.25) is 4.79 Å². The van der Waals surface area contributed by atoms with Crippen LogP contribution in [0.25, 0.3) is 0 Å². The number of rotatable bonds is 6. The molecule has 1 aliphatic rings. The van der Waals surface area contributed by atoms with Gasteiger partial charge in [0.1, 0.15) is 12.2 Å². The summed E-state index contributed by atoms with van der Waals surface area (Å²) in [4.78, 5) is 11.7. The number of carbonyl (C=O) groups excluding carboxylic acids is 1. The van der Waals surface area contributed by atoms with E-state index < -0.39 is 31.2 Å². The van der Waals surface area contributed by atoms with Crippen molar-refractivity contribution in [1.29, 1.82) is 0 Å². The van der Waals surface area contributed by atoms with Gasteiger partial charge in [-0.15, -0.1) is 0 Å². The second-order valence-electron chi connectivity index (χ2n) is 5.19. The van der Waals surface area contributed by atoms with Crippen LogP contribution in [0.15, 0.2) is 18.2 Å². The number of aliphatic hydroxyl groups is 3. The third kappa shape index (κ3) is 4.31. The van der Waals surface area contributed by atoms with Crippen LogP contribution in [0.4, 0.5) is 0 Å². The largest absolute Gasteiger partial charge is 0.461 e. The van der Waals surface area contributed by atoms with Gasteiger partial charge >= 0.3 is 0 Å². The second kappa shape index (κ2) is 8.54. The molecule has 1 fully saturated rings. The zero-order chi connectivity index (χ0) is 17.7. The molecule has 1 aliphatic heterocycles. The van der Waals surface area contributed by atoms with Crippen molar-refractivity contribution in [1.82, 2.24) is 5.32 Å². The molecule has 1 heterocycles. The van der Waals surface area contributed by atoms with E-state index in [1.54, 1.807) is 18.4 Å². The molecule has 134 valence electrons. The Balaban J connectivity index is 2.17. The summed E-state index contributed by atoms with van der Waals surface area (Å²) in [6, 6.07) is 4.66. The van der Waals surface area contributed by atoms with Gasteiger partial charge < -0.3 is 34.3 Å². The normalized spacial score (nSPS) is 26.7. The molecule has 24 heavy (non-hydrogen) atoms. The number of amides is 1. The van der Waals surface area contributed by atoms with E-state index in [-0.39, 0.29) is 12.3 Å². The van der Waals surface area contributed by atoms with Crippen LogP contribution in [0.5, 0.6) is 11.5 Å². The monoisotopic (exact) mass is 359 g/mol. The lowest BCUT2D eigenvalue weighted by atomic mass is 10.0. The predicted molar refractivity (Wildman–Crippen MR) is 87.0 cm³/mol. The first-order valence-electron chi connectivity index (χ1n) is 7.36. The van der Waals surface area contributed by atoms with E-state index in [1.807, 2.05) is 0 Å². The maximum atomic E-state index is 11.7. The van der Waals surface area contributed by atoms with Gasteiger partial charge in [-0.25, -0.2) is 0 Å². The molecule has 1 aromatic carbocycles.